The summed E-state index contributed by atoms with van der Waals surface area (Å²) in [6.45, 7) is 6.90. The second kappa shape index (κ2) is 11.4. The van der Waals surface area contributed by atoms with Crippen molar-refractivity contribution in [3.8, 4) is 5.69 Å². The first-order valence-electron chi connectivity index (χ1n) is 12.0. The molecule has 186 valence electrons. The maximum Gasteiger partial charge on any atom is 0.319 e. The second-order valence-corrected chi connectivity index (χ2v) is 10.8. The van der Waals surface area contributed by atoms with Crippen LogP contribution in [0, 0.1) is 0 Å². The Bertz CT molecular complexity index is 1270. The monoisotopic (exact) mass is 501 g/mol. The number of carboxylic acid groups (broad SMARTS) is 1. The van der Waals surface area contributed by atoms with E-state index in [0.717, 1.165) is 41.1 Å². The molecule has 0 fully saturated rings. The Morgan fingerprint density at radius 3 is 2.31 bits per heavy atom. The average molecular weight is 502 g/mol. The Balaban J connectivity index is 1.48. The number of carboxylic acids is 1. The molecule has 4 rings (SSSR count). The summed E-state index contributed by atoms with van der Waals surface area (Å²) in [7, 11) is 0. The van der Waals surface area contributed by atoms with E-state index in [-0.39, 0.29) is 0 Å². The third-order valence-corrected chi connectivity index (χ3v) is 7.09. The van der Waals surface area contributed by atoms with E-state index in [1.807, 2.05) is 71.9 Å². The lowest BCUT2D eigenvalue weighted by molar-refractivity contribution is -0.138. The average Bonchev–Trinajstić information content (AvgIpc) is 3.36. The molecule has 2 heterocycles. The number of aliphatic carboxylic acids is 1. The summed E-state index contributed by atoms with van der Waals surface area (Å²) in [6.07, 6.45) is 9.40. The molecule has 7 nitrogen and oxygen atoms in total. The standard InChI is InChI=1S/C28H31N5O2S/c1-4-21-16-29-27(30-17-21)32(19-23-18-31-33(20-23)24-8-6-5-7-9-24)15-14-22-10-12-25(13-11-22)36-28(2,3)26(34)35/h5-13,16-18,20H,4,14-15,19H2,1-3H3,(H,34,35). The quantitative estimate of drug-likeness (QED) is 0.274. The van der Waals surface area contributed by atoms with Crippen molar-refractivity contribution in [3.05, 3.63) is 96.1 Å². The lowest BCUT2D eigenvalue weighted by Crippen LogP contribution is -2.27. The Kier molecular flexibility index (Phi) is 8.05. The first-order chi connectivity index (χ1) is 17.3. The minimum Gasteiger partial charge on any atom is -0.480 e. The van der Waals surface area contributed by atoms with Gasteiger partial charge in [-0.1, -0.05) is 37.3 Å². The van der Waals surface area contributed by atoms with Crippen molar-refractivity contribution in [2.75, 3.05) is 11.4 Å². The van der Waals surface area contributed by atoms with E-state index in [4.69, 9.17) is 0 Å². The van der Waals surface area contributed by atoms with Crippen LogP contribution in [0.1, 0.15) is 37.5 Å². The van der Waals surface area contributed by atoms with Gasteiger partial charge in [-0.3, -0.25) is 4.79 Å². The van der Waals surface area contributed by atoms with Gasteiger partial charge in [0.15, 0.2) is 0 Å². The first kappa shape index (κ1) is 25.4. The predicted molar refractivity (Wildman–Crippen MR) is 144 cm³/mol. The zero-order valence-corrected chi connectivity index (χ0v) is 21.7. The van der Waals surface area contributed by atoms with Crippen LogP contribution >= 0.6 is 11.8 Å². The normalized spacial score (nSPS) is 11.4. The van der Waals surface area contributed by atoms with Crippen molar-refractivity contribution in [1.82, 2.24) is 19.7 Å². The lowest BCUT2D eigenvalue weighted by atomic mass is 10.1. The van der Waals surface area contributed by atoms with E-state index in [0.29, 0.717) is 12.5 Å². The molecule has 8 heteroatoms. The molecule has 0 unspecified atom stereocenters. The fourth-order valence-electron chi connectivity index (χ4n) is 3.65. The van der Waals surface area contributed by atoms with Crippen LogP contribution < -0.4 is 4.90 Å². The van der Waals surface area contributed by atoms with Crippen LogP contribution in [0.15, 0.2) is 84.3 Å². The summed E-state index contributed by atoms with van der Waals surface area (Å²) < 4.78 is 1.01. The molecule has 36 heavy (non-hydrogen) atoms. The lowest BCUT2D eigenvalue weighted by Gasteiger charge is -2.22. The highest BCUT2D eigenvalue weighted by atomic mass is 32.2. The van der Waals surface area contributed by atoms with E-state index < -0.39 is 10.7 Å². The third kappa shape index (κ3) is 6.51. The van der Waals surface area contributed by atoms with E-state index in [9.17, 15) is 9.90 Å². The number of hydrogen-bond donors (Lipinski definition) is 1. The van der Waals surface area contributed by atoms with Crippen molar-refractivity contribution in [1.29, 1.82) is 0 Å². The smallest absolute Gasteiger partial charge is 0.319 e. The van der Waals surface area contributed by atoms with Crippen LogP contribution in [0.5, 0.6) is 0 Å². The highest BCUT2D eigenvalue weighted by Gasteiger charge is 2.28. The van der Waals surface area contributed by atoms with E-state index in [1.54, 1.807) is 13.8 Å². The van der Waals surface area contributed by atoms with E-state index in [2.05, 4.69) is 39.0 Å². The van der Waals surface area contributed by atoms with Gasteiger partial charge in [-0.25, -0.2) is 14.6 Å². The number of thioether (sulfide) groups is 1. The molecule has 0 saturated heterocycles. The van der Waals surface area contributed by atoms with Crippen molar-refractivity contribution in [2.45, 2.75) is 49.8 Å². The summed E-state index contributed by atoms with van der Waals surface area (Å²) in [6, 6.07) is 18.2. The van der Waals surface area contributed by atoms with Crippen LogP contribution in [-0.4, -0.2) is 42.1 Å². The zero-order chi connectivity index (χ0) is 25.5. The molecule has 0 aliphatic rings. The molecular weight excluding hydrogens is 470 g/mol. The number of para-hydroxylation sites is 1. The van der Waals surface area contributed by atoms with Gasteiger partial charge in [0.25, 0.3) is 0 Å². The summed E-state index contributed by atoms with van der Waals surface area (Å²) in [5.74, 6) is -0.132. The maximum atomic E-state index is 11.4. The Labute approximate surface area is 216 Å². The number of aryl methyl sites for hydroxylation is 1. The topological polar surface area (TPSA) is 84.1 Å². The SMILES string of the molecule is CCc1cnc(N(CCc2ccc(SC(C)(C)C(=O)O)cc2)Cc2cnn(-c3ccccc3)c2)nc1. The number of hydrogen-bond acceptors (Lipinski definition) is 6. The zero-order valence-electron chi connectivity index (χ0n) is 20.8. The number of aromatic nitrogens is 4. The highest BCUT2D eigenvalue weighted by molar-refractivity contribution is 8.01. The summed E-state index contributed by atoms with van der Waals surface area (Å²) in [5, 5.41) is 13.9. The Morgan fingerprint density at radius 1 is 0.972 bits per heavy atom. The molecular formula is C28H31N5O2S. The van der Waals surface area contributed by atoms with Crippen molar-refractivity contribution >= 4 is 23.7 Å². The maximum absolute atomic E-state index is 11.4. The minimum atomic E-state index is -0.871. The molecule has 0 aliphatic heterocycles. The van der Waals surface area contributed by atoms with Crippen LogP contribution in [0.25, 0.3) is 5.69 Å². The van der Waals surface area contributed by atoms with Gasteiger partial charge in [-0.05, 0) is 62.1 Å². The van der Waals surface area contributed by atoms with E-state index in [1.165, 1.54) is 17.3 Å². The second-order valence-electron chi connectivity index (χ2n) is 9.11. The van der Waals surface area contributed by atoms with E-state index >= 15 is 0 Å². The molecule has 0 atom stereocenters. The molecule has 4 aromatic rings. The molecule has 2 aromatic heterocycles. The van der Waals surface area contributed by atoms with Gasteiger partial charge < -0.3 is 10.0 Å². The fourth-order valence-corrected chi connectivity index (χ4v) is 4.60. The van der Waals surface area contributed by atoms with Crippen molar-refractivity contribution in [2.24, 2.45) is 0 Å². The predicted octanol–water partition coefficient (Wildman–Crippen LogP) is 5.43. The highest BCUT2D eigenvalue weighted by Crippen LogP contribution is 2.32. The molecule has 0 bridgehead atoms. The van der Waals surface area contributed by atoms with Crippen LogP contribution in [-0.2, 0) is 24.2 Å². The first-order valence-corrected chi connectivity index (χ1v) is 12.8. The van der Waals surface area contributed by atoms with Gasteiger partial charge in [0.2, 0.25) is 5.95 Å². The Morgan fingerprint density at radius 2 is 1.67 bits per heavy atom. The molecule has 0 radical (unpaired) electrons. The fraction of sp³-hybridized carbons (Fsp3) is 0.286. The largest absolute Gasteiger partial charge is 0.480 e. The van der Waals surface area contributed by atoms with Gasteiger partial charge in [-0.2, -0.15) is 5.10 Å². The molecule has 0 aliphatic carbocycles. The number of benzene rings is 2. The van der Waals surface area contributed by atoms with Gasteiger partial charge in [-0.15, -0.1) is 11.8 Å². The van der Waals surface area contributed by atoms with Crippen molar-refractivity contribution in [3.63, 3.8) is 0 Å². The summed E-state index contributed by atoms with van der Waals surface area (Å²) >= 11 is 1.35. The van der Waals surface area contributed by atoms with Gasteiger partial charge in [0.05, 0.1) is 11.9 Å². The van der Waals surface area contributed by atoms with Gasteiger partial charge in [0, 0.05) is 42.1 Å². The molecule has 0 saturated carbocycles. The van der Waals surface area contributed by atoms with Gasteiger partial charge in [0.1, 0.15) is 4.75 Å². The van der Waals surface area contributed by atoms with Crippen LogP contribution in [0.3, 0.4) is 0 Å². The molecule has 2 aromatic carbocycles. The molecule has 0 amide bonds. The van der Waals surface area contributed by atoms with Gasteiger partial charge >= 0.3 is 5.97 Å². The minimum absolute atomic E-state index is 0.638. The third-order valence-electron chi connectivity index (χ3n) is 5.89. The number of rotatable bonds is 11. The van der Waals surface area contributed by atoms with Crippen LogP contribution in [0.2, 0.25) is 0 Å². The Hall–Kier alpha value is -3.65. The van der Waals surface area contributed by atoms with Crippen LogP contribution in [0.4, 0.5) is 5.95 Å². The summed E-state index contributed by atoms with van der Waals surface area (Å²) in [4.78, 5) is 23.8. The molecule has 1 N–H and O–H groups in total. The molecule has 0 spiro atoms. The summed E-state index contributed by atoms with van der Waals surface area (Å²) in [5.41, 5.74) is 4.36. The number of nitrogens with zero attached hydrogens (tertiary/aromatic N) is 5. The number of carbonyl (C=O) groups is 1. The van der Waals surface area contributed by atoms with Crippen molar-refractivity contribution < 1.29 is 9.90 Å². The number of anilines is 1.